The third kappa shape index (κ3) is 4.10. The van der Waals surface area contributed by atoms with E-state index < -0.39 is 0 Å². The van der Waals surface area contributed by atoms with E-state index in [9.17, 15) is 14.0 Å². The van der Waals surface area contributed by atoms with Crippen LogP contribution in [0.2, 0.25) is 0 Å². The molecule has 0 aliphatic carbocycles. The number of hydrogen-bond acceptors (Lipinski definition) is 4. The Bertz CT molecular complexity index is 1130. The van der Waals surface area contributed by atoms with Gasteiger partial charge < -0.3 is 9.88 Å². The fourth-order valence-electron chi connectivity index (χ4n) is 3.47. The van der Waals surface area contributed by atoms with E-state index in [1.54, 1.807) is 30.0 Å². The third-order valence-electron chi connectivity index (χ3n) is 5.04. The Morgan fingerprint density at radius 2 is 1.97 bits per heavy atom. The first-order chi connectivity index (χ1) is 14.0. The molecule has 1 aliphatic rings. The van der Waals surface area contributed by atoms with Gasteiger partial charge in [-0.25, -0.2) is 9.37 Å². The van der Waals surface area contributed by atoms with E-state index in [0.29, 0.717) is 34.3 Å². The highest BCUT2D eigenvalue weighted by molar-refractivity contribution is 7.98. The maximum atomic E-state index is 13.8. The van der Waals surface area contributed by atoms with E-state index in [1.807, 2.05) is 24.3 Å². The Kier molecular flexibility index (Phi) is 5.49. The Morgan fingerprint density at radius 1 is 1.21 bits per heavy atom. The molecule has 0 bridgehead atoms. The Morgan fingerprint density at radius 3 is 2.76 bits per heavy atom. The van der Waals surface area contributed by atoms with Crippen LogP contribution in [0.25, 0.3) is 0 Å². The number of anilines is 1. The van der Waals surface area contributed by atoms with E-state index in [-0.39, 0.29) is 23.7 Å². The summed E-state index contributed by atoms with van der Waals surface area (Å²) < 4.78 is 13.8. The molecule has 1 aromatic heterocycles. The van der Waals surface area contributed by atoms with Gasteiger partial charge in [0.1, 0.15) is 5.82 Å². The van der Waals surface area contributed by atoms with Crippen LogP contribution in [-0.4, -0.2) is 22.4 Å². The van der Waals surface area contributed by atoms with Gasteiger partial charge in [0.25, 0.3) is 5.56 Å². The number of halogens is 1. The van der Waals surface area contributed by atoms with Crippen LogP contribution in [0.3, 0.4) is 0 Å². The SMILES string of the molecule is Cc1nc(SCc2ccccc2F)[nH]c(=O)c1CC(=O)N1CCc2ccccc21. The molecule has 0 spiro atoms. The quantitative estimate of drug-likeness (QED) is 0.516. The van der Waals surface area contributed by atoms with Crippen LogP contribution in [0.15, 0.2) is 58.5 Å². The number of carbonyl (C=O) groups excluding carboxylic acids is 1. The van der Waals surface area contributed by atoms with Crippen LogP contribution < -0.4 is 10.5 Å². The second kappa shape index (κ2) is 8.21. The molecule has 4 rings (SSSR count). The molecule has 3 aromatic rings. The predicted molar refractivity (Wildman–Crippen MR) is 112 cm³/mol. The van der Waals surface area contributed by atoms with E-state index in [4.69, 9.17) is 0 Å². The summed E-state index contributed by atoms with van der Waals surface area (Å²) in [6, 6.07) is 14.3. The zero-order valence-corrected chi connectivity index (χ0v) is 16.8. The van der Waals surface area contributed by atoms with Gasteiger partial charge in [0.2, 0.25) is 5.91 Å². The highest BCUT2D eigenvalue weighted by Gasteiger charge is 2.25. The molecular formula is C22H20FN3O2S. The number of amides is 1. The van der Waals surface area contributed by atoms with E-state index in [2.05, 4.69) is 9.97 Å². The summed E-state index contributed by atoms with van der Waals surface area (Å²) in [4.78, 5) is 34.3. The highest BCUT2D eigenvalue weighted by atomic mass is 32.2. The summed E-state index contributed by atoms with van der Waals surface area (Å²) in [6.07, 6.45) is 0.821. The van der Waals surface area contributed by atoms with Crippen LogP contribution in [0.4, 0.5) is 10.1 Å². The lowest BCUT2D eigenvalue weighted by Crippen LogP contribution is -2.33. The molecule has 148 valence electrons. The first-order valence-corrected chi connectivity index (χ1v) is 10.4. The minimum absolute atomic E-state index is 0.000755. The van der Waals surface area contributed by atoms with E-state index in [1.165, 1.54) is 17.8 Å². The van der Waals surface area contributed by atoms with Crippen molar-refractivity contribution in [3.63, 3.8) is 0 Å². The number of hydrogen-bond donors (Lipinski definition) is 1. The van der Waals surface area contributed by atoms with Crippen molar-refractivity contribution < 1.29 is 9.18 Å². The number of carbonyl (C=O) groups is 1. The van der Waals surface area contributed by atoms with Crippen molar-refractivity contribution >= 4 is 23.4 Å². The Labute approximate surface area is 172 Å². The van der Waals surface area contributed by atoms with Gasteiger partial charge in [0, 0.05) is 29.2 Å². The molecule has 7 heteroatoms. The first-order valence-electron chi connectivity index (χ1n) is 9.37. The summed E-state index contributed by atoms with van der Waals surface area (Å²) >= 11 is 1.26. The van der Waals surface area contributed by atoms with Crippen molar-refractivity contribution in [2.45, 2.75) is 30.7 Å². The molecule has 0 unspecified atom stereocenters. The zero-order chi connectivity index (χ0) is 20.4. The standard InChI is InChI=1S/C22H20FN3O2S/c1-14-17(12-20(27)26-11-10-15-6-3-5-9-19(15)26)21(28)25-22(24-14)29-13-16-7-2-4-8-18(16)23/h2-9H,10-13H2,1H3,(H,24,25,28). The molecule has 0 saturated carbocycles. The molecule has 0 radical (unpaired) electrons. The van der Waals surface area contributed by atoms with Crippen LogP contribution in [-0.2, 0) is 23.4 Å². The normalized spacial score (nSPS) is 12.8. The number of fused-ring (bicyclic) bond motifs is 1. The molecule has 2 aromatic carbocycles. The molecule has 2 heterocycles. The van der Waals surface area contributed by atoms with Crippen LogP contribution in [0.1, 0.15) is 22.4 Å². The van der Waals surface area contributed by atoms with Crippen molar-refractivity contribution in [1.29, 1.82) is 0 Å². The molecule has 0 saturated heterocycles. The molecule has 1 amide bonds. The topological polar surface area (TPSA) is 66.1 Å². The minimum atomic E-state index is -0.325. The minimum Gasteiger partial charge on any atom is -0.312 e. The van der Waals surface area contributed by atoms with Gasteiger partial charge >= 0.3 is 0 Å². The predicted octanol–water partition coefficient (Wildman–Crippen LogP) is 3.64. The lowest BCUT2D eigenvalue weighted by Gasteiger charge is -2.17. The molecule has 0 atom stereocenters. The van der Waals surface area contributed by atoms with Gasteiger partial charge in [-0.3, -0.25) is 9.59 Å². The number of para-hydroxylation sites is 1. The number of aryl methyl sites for hydroxylation is 1. The fourth-order valence-corrected chi connectivity index (χ4v) is 4.36. The molecule has 0 fully saturated rings. The van der Waals surface area contributed by atoms with Gasteiger partial charge in [-0.05, 0) is 36.6 Å². The van der Waals surface area contributed by atoms with Gasteiger partial charge in [0.05, 0.1) is 6.42 Å². The highest BCUT2D eigenvalue weighted by Crippen LogP contribution is 2.28. The van der Waals surface area contributed by atoms with E-state index in [0.717, 1.165) is 17.7 Å². The van der Waals surface area contributed by atoms with Crippen LogP contribution in [0.5, 0.6) is 0 Å². The van der Waals surface area contributed by atoms with Crippen molar-refractivity contribution in [3.05, 3.63) is 87.1 Å². The average molecular weight is 409 g/mol. The Balaban J connectivity index is 1.48. The Hall–Kier alpha value is -2.93. The maximum absolute atomic E-state index is 13.8. The summed E-state index contributed by atoms with van der Waals surface area (Å²) in [6.45, 7) is 2.35. The number of benzene rings is 2. The number of nitrogens with zero attached hydrogens (tertiary/aromatic N) is 2. The lowest BCUT2D eigenvalue weighted by atomic mass is 10.1. The van der Waals surface area contributed by atoms with Gasteiger partial charge in [-0.15, -0.1) is 0 Å². The number of aromatic amines is 1. The average Bonchev–Trinajstić information content (AvgIpc) is 3.14. The molecule has 29 heavy (non-hydrogen) atoms. The second-order valence-electron chi connectivity index (χ2n) is 6.92. The summed E-state index contributed by atoms with van der Waals surface area (Å²) in [5, 5.41) is 0.415. The summed E-state index contributed by atoms with van der Waals surface area (Å²) in [5.74, 6) is -0.0398. The van der Waals surface area contributed by atoms with Gasteiger partial charge in [-0.1, -0.05) is 48.2 Å². The number of thioether (sulfide) groups is 1. The smallest absolute Gasteiger partial charge is 0.255 e. The van der Waals surface area contributed by atoms with Crippen molar-refractivity contribution in [3.8, 4) is 0 Å². The third-order valence-corrected chi connectivity index (χ3v) is 5.96. The first kappa shape index (κ1) is 19.4. The van der Waals surface area contributed by atoms with Crippen LogP contribution in [0, 0.1) is 12.7 Å². The lowest BCUT2D eigenvalue weighted by molar-refractivity contribution is -0.117. The number of aromatic nitrogens is 2. The van der Waals surface area contributed by atoms with Crippen LogP contribution >= 0.6 is 11.8 Å². The summed E-state index contributed by atoms with van der Waals surface area (Å²) in [7, 11) is 0. The zero-order valence-electron chi connectivity index (χ0n) is 15.9. The van der Waals surface area contributed by atoms with Crippen molar-refractivity contribution in [2.24, 2.45) is 0 Å². The number of rotatable bonds is 5. The largest absolute Gasteiger partial charge is 0.312 e. The van der Waals surface area contributed by atoms with Gasteiger partial charge in [0.15, 0.2) is 5.16 Å². The molecular weight excluding hydrogens is 389 g/mol. The number of nitrogens with one attached hydrogen (secondary N) is 1. The fraction of sp³-hybridized carbons (Fsp3) is 0.227. The summed E-state index contributed by atoms with van der Waals surface area (Å²) in [5.41, 5.74) is 3.17. The van der Waals surface area contributed by atoms with Crippen molar-refractivity contribution in [1.82, 2.24) is 9.97 Å². The van der Waals surface area contributed by atoms with Crippen molar-refractivity contribution in [2.75, 3.05) is 11.4 Å². The molecule has 5 nitrogen and oxygen atoms in total. The van der Waals surface area contributed by atoms with E-state index >= 15 is 0 Å². The molecule has 1 aliphatic heterocycles. The van der Waals surface area contributed by atoms with Gasteiger partial charge in [-0.2, -0.15) is 0 Å². The number of H-pyrrole nitrogens is 1. The monoisotopic (exact) mass is 409 g/mol. The second-order valence-corrected chi connectivity index (χ2v) is 7.88. The maximum Gasteiger partial charge on any atom is 0.255 e. The molecule has 1 N–H and O–H groups in total.